The Labute approximate surface area is 136 Å². The molecule has 1 amide bonds. The van der Waals surface area contributed by atoms with Crippen LogP contribution < -0.4 is 14.8 Å². The molecular weight excluding hydrogens is 298 g/mol. The van der Waals surface area contributed by atoms with Crippen molar-refractivity contribution in [3.63, 3.8) is 0 Å². The van der Waals surface area contributed by atoms with Crippen molar-refractivity contribution in [3.05, 3.63) is 24.3 Å². The summed E-state index contributed by atoms with van der Waals surface area (Å²) < 4.78 is 10.5. The van der Waals surface area contributed by atoms with E-state index in [0.717, 1.165) is 25.0 Å². The predicted molar refractivity (Wildman–Crippen MR) is 86.8 cm³/mol. The van der Waals surface area contributed by atoms with E-state index in [1.54, 1.807) is 31.4 Å². The van der Waals surface area contributed by atoms with Crippen molar-refractivity contribution in [2.45, 2.75) is 38.5 Å². The minimum atomic E-state index is -0.754. The molecule has 23 heavy (non-hydrogen) atoms. The zero-order valence-electron chi connectivity index (χ0n) is 13.5. The molecule has 1 rings (SSSR count). The molecule has 0 atom stereocenters. The normalized spacial score (nSPS) is 10.1. The number of aliphatic carboxylic acids is 1. The van der Waals surface area contributed by atoms with Gasteiger partial charge in [0.1, 0.15) is 11.5 Å². The molecule has 6 nitrogen and oxygen atoms in total. The number of carbonyl (C=O) groups excluding carboxylic acids is 1. The second kappa shape index (κ2) is 11.3. The van der Waals surface area contributed by atoms with Crippen LogP contribution in [0.25, 0.3) is 0 Å². The van der Waals surface area contributed by atoms with Crippen LogP contribution in [-0.4, -0.2) is 37.2 Å². The number of benzene rings is 1. The first kappa shape index (κ1) is 18.8. The van der Waals surface area contributed by atoms with E-state index in [4.69, 9.17) is 14.6 Å². The molecule has 0 saturated heterocycles. The first-order valence-corrected chi connectivity index (χ1v) is 7.87. The molecular formula is C17H25NO5. The van der Waals surface area contributed by atoms with E-state index in [9.17, 15) is 9.59 Å². The van der Waals surface area contributed by atoms with Crippen molar-refractivity contribution in [1.82, 2.24) is 5.32 Å². The maximum atomic E-state index is 11.6. The smallest absolute Gasteiger partial charge is 0.303 e. The second-order valence-electron chi connectivity index (χ2n) is 5.18. The minimum Gasteiger partial charge on any atom is -0.497 e. The summed E-state index contributed by atoms with van der Waals surface area (Å²) in [6.07, 6.45) is 3.89. The highest BCUT2D eigenvalue weighted by Crippen LogP contribution is 2.16. The van der Waals surface area contributed by atoms with Gasteiger partial charge in [0.25, 0.3) is 0 Å². The molecule has 0 aliphatic carbocycles. The van der Waals surface area contributed by atoms with Crippen LogP contribution in [0.1, 0.15) is 38.5 Å². The highest BCUT2D eigenvalue weighted by molar-refractivity contribution is 5.75. The van der Waals surface area contributed by atoms with Gasteiger partial charge in [-0.2, -0.15) is 0 Å². The first-order valence-electron chi connectivity index (χ1n) is 7.87. The molecule has 0 bridgehead atoms. The molecule has 0 aliphatic rings. The summed E-state index contributed by atoms with van der Waals surface area (Å²) in [5, 5.41) is 11.3. The fourth-order valence-electron chi connectivity index (χ4n) is 2.00. The average molecular weight is 323 g/mol. The van der Waals surface area contributed by atoms with E-state index < -0.39 is 5.97 Å². The Bertz CT molecular complexity index is 472. The fourth-order valence-corrected chi connectivity index (χ4v) is 2.00. The van der Waals surface area contributed by atoms with Crippen molar-refractivity contribution in [3.8, 4) is 11.5 Å². The maximum Gasteiger partial charge on any atom is 0.303 e. The molecule has 6 heteroatoms. The van der Waals surface area contributed by atoms with Gasteiger partial charge in [0.15, 0.2) is 0 Å². The zero-order chi connectivity index (χ0) is 16.9. The topological polar surface area (TPSA) is 84.9 Å². The number of nitrogens with one attached hydrogen (secondary N) is 1. The number of amides is 1. The second-order valence-corrected chi connectivity index (χ2v) is 5.18. The third kappa shape index (κ3) is 9.39. The Hall–Kier alpha value is -2.24. The highest BCUT2D eigenvalue weighted by Gasteiger charge is 2.02. The molecule has 0 aliphatic heterocycles. The highest BCUT2D eigenvalue weighted by atomic mass is 16.5. The van der Waals surface area contributed by atoms with Gasteiger partial charge in [0.2, 0.25) is 5.91 Å². The predicted octanol–water partition coefficient (Wildman–Crippen LogP) is 2.62. The van der Waals surface area contributed by atoms with Crippen LogP contribution in [0.4, 0.5) is 0 Å². The number of carbonyl (C=O) groups is 2. The van der Waals surface area contributed by atoms with Crippen LogP contribution in [-0.2, 0) is 9.59 Å². The van der Waals surface area contributed by atoms with Crippen molar-refractivity contribution in [2.75, 3.05) is 20.3 Å². The Morgan fingerprint density at radius 3 is 2.30 bits per heavy atom. The largest absolute Gasteiger partial charge is 0.497 e. The molecule has 2 N–H and O–H groups in total. The van der Waals surface area contributed by atoms with E-state index in [-0.39, 0.29) is 12.3 Å². The van der Waals surface area contributed by atoms with Gasteiger partial charge in [-0.3, -0.25) is 9.59 Å². The maximum absolute atomic E-state index is 11.6. The molecule has 0 saturated carbocycles. The van der Waals surface area contributed by atoms with Crippen LogP contribution in [0.2, 0.25) is 0 Å². The molecule has 0 heterocycles. The molecule has 0 unspecified atom stereocenters. The molecule has 0 radical (unpaired) electrons. The average Bonchev–Trinajstić information content (AvgIpc) is 2.54. The molecule has 0 aromatic heterocycles. The number of hydrogen-bond donors (Lipinski definition) is 2. The Morgan fingerprint density at radius 1 is 1.00 bits per heavy atom. The Morgan fingerprint density at radius 2 is 1.65 bits per heavy atom. The van der Waals surface area contributed by atoms with Crippen LogP contribution in [0, 0.1) is 0 Å². The SMILES string of the molecule is COc1ccc(OCCC(=O)NCCCCCCC(=O)O)cc1. The fraction of sp³-hybridized carbons (Fsp3) is 0.529. The summed E-state index contributed by atoms with van der Waals surface area (Å²) in [6.45, 7) is 0.950. The van der Waals surface area contributed by atoms with E-state index in [1.807, 2.05) is 0 Å². The van der Waals surface area contributed by atoms with Crippen LogP contribution in [0.5, 0.6) is 11.5 Å². The van der Waals surface area contributed by atoms with Crippen molar-refractivity contribution < 1.29 is 24.2 Å². The number of hydrogen-bond acceptors (Lipinski definition) is 4. The third-order valence-electron chi connectivity index (χ3n) is 3.30. The molecule has 0 spiro atoms. The molecule has 0 fully saturated rings. The first-order chi connectivity index (χ1) is 11.1. The van der Waals surface area contributed by atoms with Crippen LogP contribution >= 0.6 is 0 Å². The molecule has 1 aromatic carbocycles. The van der Waals surface area contributed by atoms with Gasteiger partial charge in [0.05, 0.1) is 20.1 Å². The summed E-state index contributed by atoms with van der Waals surface area (Å²) in [5.41, 5.74) is 0. The van der Waals surface area contributed by atoms with Crippen molar-refractivity contribution in [1.29, 1.82) is 0 Å². The van der Waals surface area contributed by atoms with Gasteiger partial charge < -0.3 is 19.9 Å². The summed E-state index contributed by atoms with van der Waals surface area (Å²) >= 11 is 0. The minimum absolute atomic E-state index is 0.0379. The number of unbranched alkanes of at least 4 members (excludes halogenated alkanes) is 3. The summed E-state index contributed by atoms with van der Waals surface area (Å²) in [6, 6.07) is 7.21. The van der Waals surface area contributed by atoms with Gasteiger partial charge in [-0.15, -0.1) is 0 Å². The van der Waals surface area contributed by atoms with Crippen LogP contribution in [0.15, 0.2) is 24.3 Å². The van der Waals surface area contributed by atoms with Crippen LogP contribution in [0.3, 0.4) is 0 Å². The quantitative estimate of drug-likeness (QED) is 0.578. The van der Waals surface area contributed by atoms with E-state index >= 15 is 0 Å². The van der Waals surface area contributed by atoms with Gasteiger partial charge in [-0.25, -0.2) is 0 Å². The monoisotopic (exact) mass is 323 g/mol. The Kier molecular flexibility index (Phi) is 9.28. The van der Waals surface area contributed by atoms with E-state index in [2.05, 4.69) is 5.32 Å². The molecule has 128 valence electrons. The van der Waals surface area contributed by atoms with Gasteiger partial charge in [-0.05, 0) is 37.1 Å². The lowest BCUT2D eigenvalue weighted by molar-refractivity contribution is -0.137. The number of ether oxygens (including phenoxy) is 2. The summed E-state index contributed by atoms with van der Waals surface area (Å²) in [4.78, 5) is 22.0. The number of carboxylic acids is 1. The third-order valence-corrected chi connectivity index (χ3v) is 3.30. The lowest BCUT2D eigenvalue weighted by atomic mass is 10.1. The summed E-state index contributed by atoms with van der Waals surface area (Å²) in [5.74, 6) is 0.676. The van der Waals surface area contributed by atoms with E-state index in [0.29, 0.717) is 31.7 Å². The number of rotatable bonds is 12. The van der Waals surface area contributed by atoms with Crippen molar-refractivity contribution in [2.24, 2.45) is 0 Å². The Balaban J connectivity index is 2.00. The molecule has 1 aromatic rings. The number of methoxy groups -OCH3 is 1. The zero-order valence-corrected chi connectivity index (χ0v) is 13.5. The van der Waals surface area contributed by atoms with Gasteiger partial charge >= 0.3 is 5.97 Å². The van der Waals surface area contributed by atoms with Crippen molar-refractivity contribution >= 4 is 11.9 Å². The van der Waals surface area contributed by atoms with E-state index in [1.165, 1.54) is 0 Å². The van der Waals surface area contributed by atoms with Gasteiger partial charge in [-0.1, -0.05) is 12.8 Å². The summed E-state index contributed by atoms with van der Waals surface area (Å²) in [7, 11) is 1.60. The lowest BCUT2D eigenvalue weighted by Crippen LogP contribution is -2.25. The lowest BCUT2D eigenvalue weighted by Gasteiger charge is -2.08. The standard InChI is InChI=1S/C17H25NO5/c1-22-14-7-9-15(10-8-14)23-13-11-16(19)18-12-5-3-2-4-6-17(20)21/h7-10H,2-6,11-13H2,1H3,(H,18,19)(H,20,21). The van der Waals surface area contributed by atoms with Gasteiger partial charge in [0, 0.05) is 13.0 Å². The number of carboxylic acid groups (broad SMARTS) is 1.